The molecule has 3 aromatic rings. The molecule has 0 radical (unpaired) electrons. The lowest BCUT2D eigenvalue weighted by Gasteiger charge is -2.02. The van der Waals surface area contributed by atoms with Crippen LogP contribution in [0.1, 0.15) is 17.1 Å². The third-order valence-electron chi connectivity index (χ3n) is 4.66. The van der Waals surface area contributed by atoms with Gasteiger partial charge in [-0.3, -0.25) is 14.4 Å². The van der Waals surface area contributed by atoms with Crippen molar-refractivity contribution in [3.05, 3.63) is 84.5 Å². The zero-order valence-corrected chi connectivity index (χ0v) is 17.9. The van der Waals surface area contributed by atoms with Crippen LogP contribution in [0.15, 0.2) is 51.2 Å². The van der Waals surface area contributed by atoms with E-state index in [0.717, 1.165) is 0 Å². The molecule has 30 heavy (non-hydrogen) atoms. The van der Waals surface area contributed by atoms with Gasteiger partial charge in [-0.15, -0.1) is 0 Å². The Balaban J connectivity index is 0.000000225. The topological polar surface area (TPSA) is 127 Å². The smallest absolute Gasteiger partial charge is 0.223 e. The van der Waals surface area contributed by atoms with Gasteiger partial charge in [-0.25, -0.2) is 0 Å². The molecule has 0 fully saturated rings. The van der Waals surface area contributed by atoms with Gasteiger partial charge in [0, 0.05) is 57.9 Å². The van der Waals surface area contributed by atoms with E-state index in [4.69, 9.17) is 15.3 Å². The standard InChI is InChI=1S/3C7H9NO2/c3*1-5-7(10)6(9)3-4-8(5)2/h3*3-4,10H,1-2H3. The molecule has 0 saturated carbocycles. The van der Waals surface area contributed by atoms with E-state index in [1.165, 1.54) is 18.2 Å². The van der Waals surface area contributed by atoms with Gasteiger partial charge in [0.1, 0.15) is 0 Å². The number of hydrogen-bond acceptors (Lipinski definition) is 6. The van der Waals surface area contributed by atoms with E-state index in [9.17, 15) is 14.4 Å². The molecule has 3 N–H and O–H groups in total. The van der Waals surface area contributed by atoms with Crippen molar-refractivity contribution >= 4 is 0 Å². The molecule has 162 valence electrons. The highest BCUT2D eigenvalue weighted by Gasteiger charge is 2.01. The average Bonchev–Trinajstić information content (AvgIpc) is 2.73. The van der Waals surface area contributed by atoms with Crippen molar-refractivity contribution in [1.29, 1.82) is 0 Å². The summed E-state index contributed by atoms with van der Waals surface area (Å²) >= 11 is 0. The molecule has 3 aromatic heterocycles. The summed E-state index contributed by atoms with van der Waals surface area (Å²) in [6, 6.07) is 4.01. The molecule has 0 aliphatic rings. The first kappa shape index (κ1) is 24.3. The summed E-state index contributed by atoms with van der Waals surface area (Å²) in [6.45, 7) is 5.07. The molecule has 0 aromatic carbocycles. The number of pyridine rings is 3. The quantitative estimate of drug-likeness (QED) is 0.504. The number of aryl methyl sites for hydroxylation is 3. The Bertz CT molecular complexity index is 1050. The van der Waals surface area contributed by atoms with Gasteiger partial charge in [0.25, 0.3) is 0 Å². The molecule has 0 bridgehead atoms. The van der Waals surface area contributed by atoms with Crippen molar-refractivity contribution in [3.63, 3.8) is 0 Å². The van der Waals surface area contributed by atoms with Gasteiger partial charge < -0.3 is 29.0 Å². The number of hydrogen-bond donors (Lipinski definition) is 3. The molecule has 0 amide bonds. The van der Waals surface area contributed by atoms with E-state index < -0.39 is 0 Å². The Morgan fingerprint density at radius 3 is 0.900 bits per heavy atom. The van der Waals surface area contributed by atoms with Crippen LogP contribution < -0.4 is 16.3 Å². The van der Waals surface area contributed by atoms with Crippen molar-refractivity contribution in [1.82, 2.24) is 13.7 Å². The Morgan fingerprint density at radius 1 is 0.533 bits per heavy atom. The zero-order chi connectivity index (χ0) is 23.2. The van der Waals surface area contributed by atoms with Crippen LogP contribution in [0.4, 0.5) is 0 Å². The highest BCUT2D eigenvalue weighted by atomic mass is 16.3. The Hall–Kier alpha value is -3.75. The van der Waals surface area contributed by atoms with Gasteiger partial charge in [0.05, 0.1) is 17.1 Å². The summed E-state index contributed by atoms with van der Waals surface area (Å²) in [7, 11) is 5.32. The molecule has 0 saturated heterocycles. The van der Waals surface area contributed by atoms with Crippen LogP contribution in [0, 0.1) is 20.8 Å². The van der Waals surface area contributed by atoms with E-state index >= 15 is 0 Å². The predicted octanol–water partition coefficient (Wildman–Crippen LogP) is 1.20. The minimum Gasteiger partial charge on any atom is -0.503 e. The summed E-state index contributed by atoms with van der Waals surface area (Å²) in [5.74, 6) is -0.486. The molecule has 3 rings (SSSR count). The maximum Gasteiger partial charge on any atom is 0.223 e. The Labute approximate surface area is 173 Å². The monoisotopic (exact) mass is 417 g/mol. The van der Waals surface area contributed by atoms with E-state index in [2.05, 4.69) is 0 Å². The van der Waals surface area contributed by atoms with E-state index in [1.54, 1.807) is 74.2 Å². The van der Waals surface area contributed by atoms with Crippen molar-refractivity contribution in [2.45, 2.75) is 20.8 Å². The van der Waals surface area contributed by atoms with Crippen molar-refractivity contribution < 1.29 is 15.3 Å². The Kier molecular flexibility index (Phi) is 8.22. The summed E-state index contributed by atoms with van der Waals surface area (Å²) in [4.78, 5) is 32.2. The summed E-state index contributed by atoms with van der Waals surface area (Å²) in [6.07, 6.45) is 4.87. The second-order valence-electron chi connectivity index (χ2n) is 6.67. The number of nitrogens with zero attached hydrogens (tertiary/aromatic N) is 3. The highest BCUT2D eigenvalue weighted by molar-refractivity contribution is 5.26. The number of aromatic nitrogens is 3. The van der Waals surface area contributed by atoms with Gasteiger partial charge in [0.15, 0.2) is 17.2 Å². The highest BCUT2D eigenvalue weighted by Crippen LogP contribution is 2.07. The number of aromatic hydroxyl groups is 3. The maximum absolute atomic E-state index is 10.7. The second kappa shape index (κ2) is 10.1. The molecule has 0 atom stereocenters. The van der Waals surface area contributed by atoms with E-state index in [-0.39, 0.29) is 33.5 Å². The van der Waals surface area contributed by atoms with Crippen molar-refractivity contribution in [2.75, 3.05) is 0 Å². The lowest BCUT2D eigenvalue weighted by atomic mass is 10.3. The third kappa shape index (κ3) is 5.87. The second-order valence-corrected chi connectivity index (χ2v) is 6.67. The maximum atomic E-state index is 10.7. The summed E-state index contributed by atoms with van der Waals surface area (Å²) < 4.78 is 5.07. The first-order valence-electron chi connectivity index (χ1n) is 8.94. The average molecular weight is 417 g/mol. The van der Waals surface area contributed by atoms with E-state index in [1.807, 2.05) is 0 Å². The van der Waals surface area contributed by atoms with Crippen LogP contribution >= 0.6 is 0 Å². The minimum absolute atomic E-state index is 0.162. The van der Waals surface area contributed by atoms with Crippen LogP contribution in [0.5, 0.6) is 17.2 Å². The summed E-state index contributed by atoms with van der Waals surface area (Å²) in [5.41, 5.74) is 0.800. The molecule has 9 nitrogen and oxygen atoms in total. The first-order chi connectivity index (χ1) is 13.9. The molecular weight excluding hydrogens is 390 g/mol. The van der Waals surface area contributed by atoms with Gasteiger partial charge in [-0.05, 0) is 20.8 Å². The Morgan fingerprint density at radius 2 is 0.733 bits per heavy atom. The van der Waals surface area contributed by atoms with Gasteiger partial charge in [-0.2, -0.15) is 0 Å². The normalized spacial score (nSPS) is 9.80. The van der Waals surface area contributed by atoms with Crippen LogP contribution in [-0.4, -0.2) is 29.0 Å². The van der Waals surface area contributed by atoms with Crippen LogP contribution in [0.25, 0.3) is 0 Å². The van der Waals surface area contributed by atoms with Crippen molar-refractivity contribution in [2.24, 2.45) is 21.1 Å². The van der Waals surface area contributed by atoms with Crippen LogP contribution in [0.2, 0.25) is 0 Å². The zero-order valence-electron chi connectivity index (χ0n) is 17.9. The SMILES string of the molecule is Cc1c(O)c(=O)ccn1C.Cc1c(O)c(=O)ccn1C.Cc1c(O)c(=O)ccn1C. The molecule has 3 heterocycles. The third-order valence-corrected chi connectivity index (χ3v) is 4.66. The molecule has 0 unspecified atom stereocenters. The predicted molar refractivity (Wildman–Crippen MR) is 114 cm³/mol. The fourth-order valence-corrected chi connectivity index (χ4v) is 2.15. The molecular formula is C21H27N3O6. The lowest BCUT2D eigenvalue weighted by Crippen LogP contribution is -2.06. The van der Waals surface area contributed by atoms with Gasteiger partial charge in [0.2, 0.25) is 16.3 Å². The fourth-order valence-electron chi connectivity index (χ4n) is 2.15. The fraction of sp³-hybridized carbons (Fsp3) is 0.286. The van der Waals surface area contributed by atoms with E-state index in [0.29, 0.717) is 17.1 Å². The first-order valence-corrected chi connectivity index (χ1v) is 8.94. The van der Waals surface area contributed by atoms with Gasteiger partial charge in [-0.1, -0.05) is 0 Å². The molecule has 0 aliphatic heterocycles. The van der Waals surface area contributed by atoms with Gasteiger partial charge >= 0.3 is 0 Å². The van der Waals surface area contributed by atoms with Crippen LogP contribution in [0.3, 0.4) is 0 Å². The molecule has 0 spiro atoms. The largest absolute Gasteiger partial charge is 0.503 e. The molecule has 0 aliphatic carbocycles. The summed E-state index contributed by atoms with van der Waals surface area (Å²) in [5, 5.41) is 27.2. The van der Waals surface area contributed by atoms with Crippen LogP contribution in [-0.2, 0) is 21.1 Å². The number of rotatable bonds is 0. The minimum atomic E-state index is -0.324. The van der Waals surface area contributed by atoms with Crippen molar-refractivity contribution in [3.8, 4) is 17.2 Å². The molecule has 9 heteroatoms. The lowest BCUT2D eigenvalue weighted by molar-refractivity contribution is 0.457.